The van der Waals surface area contributed by atoms with Crippen molar-refractivity contribution in [1.82, 2.24) is 24.5 Å². The first-order valence-corrected chi connectivity index (χ1v) is 7.39. The lowest BCUT2D eigenvalue weighted by Gasteiger charge is -2.35. The summed E-state index contributed by atoms with van der Waals surface area (Å²) in [4.78, 5) is 9.73. The first-order valence-electron chi connectivity index (χ1n) is 7.39. The fourth-order valence-electron chi connectivity index (χ4n) is 2.96. The molecule has 8 heteroatoms. The maximum atomic E-state index is 12.8. The fraction of sp³-hybridized carbons (Fsp3) is 0.643. The minimum absolute atomic E-state index is 0.00601. The predicted molar refractivity (Wildman–Crippen MR) is 74.5 cm³/mol. The van der Waals surface area contributed by atoms with Gasteiger partial charge >= 0.3 is 6.18 Å². The molecule has 0 unspecified atom stereocenters. The van der Waals surface area contributed by atoms with Gasteiger partial charge in [0, 0.05) is 24.7 Å². The summed E-state index contributed by atoms with van der Waals surface area (Å²) in [5.74, 6) is -0.986. The summed E-state index contributed by atoms with van der Waals surface area (Å²) in [6, 6.07) is 2.16. The monoisotopic (exact) mass is 313 g/mol. The average Bonchev–Trinajstić information content (AvgIpc) is 2.91. The van der Waals surface area contributed by atoms with Gasteiger partial charge in [-0.1, -0.05) is 0 Å². The van der Waals surface area contributed by atoms with E-state index in [1.54, 1.807) is 6.07 Å². The molecule has 1 aliphatic heterocycles. The topological polar surface area (TPSA) is 46.3 Å². The predicted octanol–water partition coefficient (Wildman–Crippen LogP) is 2.73. The average molecular weight is 313 g/mol. The van der Waals surface area contributed by atoms with Gasteiger partial charge in [0.15, 0.2) is 0 Å². The smallest absolute Gasteiger partial charge is 0.300 e. The number of aromatic nitrogens is 4. The van der Waals surface area contributed by atoms with Crippen LogP contribution in [0, 0.1) is 0 Å². The first-order chi connectivity index (χ1) is 10.4. The van der Waals surface area contributed by atoms with Crippen LogP contribution in [-0.4, -0.2) is 43.6 Å². The van der Waals surface area contributed by atoms with Crippen molar-refractivity contribution in [3.05, 3.63) is 23.8 Å². The van der Waals surface area contributed by atoms with Gasteiger partial charge in [0.2, 0.25) is 0 Å². The van der Waals surface area contributed by atoms with Crippen molar-refractivity contribution in [2.45, 2.75) is 44.8 Å². The molecule has 0 bridgehead atoms. The van der Waals surface area contributed by atoms with Crippen LogP contribution in [0.1, 0.15) is 44.1 Å². The van der Waals surface area contributed by atoms with Crippen LogP contribution < -0.4 is 0 Å². The second-order valence-electron chi connectivity index (χ2n) is 5.94. The van der Waals surface area contributed by atoms with Gasteiger partial charge in [0.1, 0.15) is 0 Å². The van der Waals surface area contributed by atoms with Crippen molar-refractivity contribution in [3.63, 3.8) is 0 Å². The van der Waals surface area contributed by atoms with E-state index in [1.165, 1.54) is 10.7 Å². The van der Waals surface area contributed by atoms with Crippen LogP contribution in [0.5, 0.6) is 0 Å². The second-order valence-corrected chi connectivity index (χ2v) is 5.94. The molecular weight excluding hydrogens is 295 g/mol. The summed E-state index contributed by atoms with van der Waals surface area (Å²) < 4.78 is 39.6. The van der Waals surface area contributed by atoms with Gasteiger partial charge in [-0.2, -0.15) is 18.2 Å². The molecule has 1 fully saturated rings. The van der Waals surface area contributed by atoms with Crippen LogP contribution in [-0.2, 0) is 6.18 Å². The molecule has 2 aromatic heterocycles. The fourth-order valence-corrected chi connectivity index (χ4v) is 2.96. The Morgan fingerprint density at radius 2 is 2.09 bits per heavy atom. The highest BCUT2D eigenvalue weighted by molar-refractivity contribution is 5.30. The molecule has 2 aromatic rings. The summed E-state index contributed by atoms with van der Waals surface area (Å²) in [5.41, 5.74) is 0.748. The number of halogens is 3. The highest BCUT2D eigenvalue weighted by atomic mass is 19.4. The van der Waals surface area contributed by atoms with Crippen LogP contribution in [0.25, 0.3) is 5.78 Å². The summed E-state index contributed by atoms with van der Waals surface area (Å²) in [7, 11) is 0. The Kier molecular flexibility index (Phi) is 3.80. The Morgan fingerprint density at radius 1 is 1.32 bits per heavy atom. The van der Waals surface area contributed by atoms with E-state index >= 15 is 0 Å². The molecule has 3 rings (SSSR count). The van der Waals surface area contributed by atoms with E-state index in [1.807, 2.05) is 0 Å². The van der Waals surface area contributed by atoms with Gasteiger partial charge in [-0.05, 0) is 39.3 Å². The highest BCUT2D eigenvalue weighted by Gasteiger charge is 2.37. The van der Waals surface area contributed by atoms with Crippen molar-refractivity contribution < 1.29 is 13.2 Å². The Bertz CT molecular complexity index is 664. The third-order valence-electron chi connectivity index (χ3n) is 4.12. The maximum Gasteiger partial charge on any atom is 0.453 e. The number of alkyl halides is 3. The molecule has 22 heavy (non-hydrogen) atoms. The number of likely N-dealkylation sites (tertiary alicyclic amines) is 1. The lowest BCUT2D eigenvalue weighted by molar-refractivity contribution is -0.144. The van der Waals surface area contributed by atoms with E-state index in [0.717, 1.165) is 31.6 Å². The highest BCUT2D eigenvalue weighted by Crippen LogP contribution is 2.30. The van der Waals surface area contributed by atoms with Gasteiger partial charge in [-0.25, -0.2) is 9.50 Å². The van der Waals surface area contributed by atoms with Crippen LogP contribution >= 0.6 is 0 Å². The molecule has 1 saturated heterocycles. The Morgan fingerprint density at radius 3 is 2.77 bits per heavy atom. The Hall–Kier alpha value is -1.70. The normalized spacial score (nSPS) is 20.9. The van der Waals surface area contributed by atoms with Gasteiger partial charge in [0.05, 0.1) is 5.69 Å². The van der Waals surface area contributed by atoms with Crippen LogP contribution in [0.15, 0.2) is 12.3 Å². The Balaban J connectivity index is 1.98. The summed E-state index contributed by atoms with van der Waals surface area (Å²) in [6.07, 6.45) is -1.09. The molecule has 0 N–H and O–H groups in total. The van der Waals surface area contributed by atoms with Crippen molar-refractivity contribution in [1.29, 1.82) is 0 Å². The molecule has 0 spiro atoms. The molecule has 0 aromatic carbocycles. The second kappa shape index (κ2) is 5.49. The van der Waals surface area contributed by atoms with Gasteiger partial charge in [-0.3, -0.25) is 0 Å². The largest absolute Gasteiger partial charge is 0.453 e. The van der Waals surface area contributed by atoms with E-state index in [9.17, 15) is 13.2 Å². The maximum absolute atomic E-state index is 12.8. The molecule has 0 radical (unpaired) electrons. The molecule has 0 aliphatic carbocycles. The third-order valence-corrected chi connectivity index (χ3v) is 4.12. The zero-order valence-electron chi connectivity index (χ0n) is 12.5. The minimum atomic E-state index is -4.55. The third kappa shape index (κ3) is 2.79. The quantitative estimate of drug-likeness (QED) is 0.855. The number of hydrogen-bond donors (Lipinski definition) is 0. The first kappa shape index (κ1) is 15.2. The molecule has 120 valence electrons. The molecule has 1 atom stereocenters. The number of rotatable bonds is 2. The van der Waals surface area contributed by atoms with Crippen molar-refractivity contribution in [2.75, 3.05) is 13.1 Å². The van der Waals surface area contributed by atoms with Gasteiger partial charge in [0.25, 0.3) is 11.6 Å². The van der Waals surface area contributed by atoms with E-state index in [-0.39, 0.29) is 11.7 Å². The SMILES string of the molecule is CC(C)N1CCC[C@H](c2ccnc3nc(C(F)(F)F)nn23)C1. The van der Waals surface area contributed by atoms with E-state index in [0.29, 0.717) is 6.04 Å². The number of hydrogen-bond acceptors (Lipinski definition) is 4. The zero-order chi connectivity index (χ0) is 15.9. The number of piperidine rings is 1. The molecule has 0 amide bonds. The lowest BCUT2D eigenvalue weighted by atomic mass is 9.94. The van der Waals surface area contributed by atoms with Gasteiger partial charge < -0.3 is 4.90 Å². The van der Waals surface area contributed by atoms with Crippen LogP contribution in [0.3, 0.4) is 0 Å². The van der Waals surface area contributed by atoms with E-state index in [4.69, 9.17) is 0 Å². The summed E-state index contributed by atoms with van der Waals surface area (Å²) >= 11 is 0. The minimum Gasteiger partial charge on any atom is -0.300 e. The van der Waals surface area contributed by atoms with Crippen molar-refractivity contribution >= 4 is 5.78 Å². The number of nitrogens with zero attached hydrogens (tertiary/aromatic N) is 5. The molecule has 3 heterocycles. The molecule has 5 nitrogen and oxygen atoms in total. The van der Waals surface area contributed by atoms with Crippen molar-refractivity contribution in [3.8, 4) is 0 Å². The van der Waals surface area contributed by atoms with Crippen LogP contribution in [0.4, 0.5) is 13.2 Å². The summed E-state index contributed by atoms with van der Waals surface area (Å²) in [6.45, 7) is 6.09. The zero-order valence-corrected chi connectivity index (χ0v) is 12.5. The van der Waals surface area contributed by atoms with Crippen LogP contribution in [0.2, 0.25) is 0 Å². The standard InChI is InChI=1S/C14H18F3N5/c1-9(2)21-7-3-4-10(8-21)11-5-6-18-13-19-12(14(15,16)17)20-22(11)13/h5-6,9-10H,3-4,7-8H2,1-2H3/t10-/m0/s1. The lowest BCUT2D eigenvalue weighted by Crippen LogP contribution is -2.39. The number of fused-ring (bicyclic) bond motifs is 1. The van der Waals surface area contributed by atoms with Gasteiger partial charge in [-0.15, -0.1) is 5.10 Å². The molecular formula is C14H18F3N5. The summed E-state index contributed by atoms with van der Waals surface area (Å²) in [5, 5.41) is 3.63. The molecule has 1 aliphatic rings. The van der Waals surface area contributed by atoms with E-state index in [2.05, 4.69) is 33.8 Å². The van der Waals surface area contributed by atoms with Crippen molar-refractivity contribution in [2.24, 2.45) is 0 Å². The molecule has 0 saturated carbocycles. The Labute approximate surface area is 126 Å². The van der Waals surface area contributed by atoms with E-state index < -0.39 is 12.0 Å².